The molecule has 4 bridgehead atoms. The second kappa shape index (κ2) is 5.34. The van der Waals surface area contributed by atoms with E-state index in [9.17, 15) is 9.59 Å². The molecule has 0 saturated heterocycles. The number of carbonyl (C=O) groups excluding carboxylic acids is 2. The number of carbonyl (C=O) groups is 2. The first-order valence-electron chi connectivity index (χ1n) is 9.15. The smallest absolute Gasteiger partial charge is 0.251 e. The topological polar surface area (TPSA) is 70.6 Å². The molecular weight excluding hydrogens is 334 g/mol. The second-order valence-corrected chi connectivity index (χ2v) is 8.81. The second-order valence-electron chi connectivity index (χ2n) is 8.42. The summed E-state index contributed by atoms with van der Waals surface area (Å²) in [7, 11) is 0. The Morgan fingerprint density at radius 1 is 1.20 bits per heavy atom. The molecule has 5 nitrogen and oxygen atoms in total. The molecule has 1 aliphatic heterocycles. The molecule has 4 saturated carbocycles. The number of nitrogens with zero attached hydrogens (tertiary/aromatic N) is 1. The molecule has 4 fully saturated rings. The summed E-state index contributed by atoms with van der Waals surface area (Å²) in [6.07, 6.45) is 12.6. The fourth-order valence-corrected chi connectivity index (χ4v) is 6.17. The van der Waals surface area contributed by atoms with Gasteiger partial charge in [0.2, 0.25) is 5.91 Å². The molecule has 2 N–H and O–H groups in total. The van der Waals surface area contributed by atoms with Gasteiger partial charge in [0.05, 0.1) is 11.6 Å². The normalized spacial score (nSPS) is 41.0. The van der Waals surface area contributed by atoms with Gasteiger partial charge in [-0.3, -0.25) is 9.59 Å². The van der Waals surface area contributed by atoms with Crippen molar-refractivity contribution in [2.75, 3.05) is 0 Å². The van der Waals surface area contributed by atoms with Gasteiger partial charge in [0, 0.05) is 11.1 Å². The molecule has 0 spiro atoms. The third-order valence-corrected chi connectivity index (χ3v) is 6.71. The quantitative estimate of drug-likeness (QED) is 0.745. The minimum Gasteiger partial charge on any atom is -0.347 e. The highest BCUT2D eigenvalue weighted by Gasteiger charge is 2.51. The van der Waals surface area contributed by atoms with Gasteiger partial charge in [-0.15, -0.1) is 0 Å². The number of thiocarbonyl (C=S) groups is 1. The highest BCUT2D eigenvalue weighted by atomic mass is 32.1. The van der Waals surface area contributed by atoms with Gasteiger partial charge in [-0.1, -0.05) is 12.2 Å². The molecule has 0 aromatic carbocycles. The Labute approximate surface area is 152 Å². The maximum Gasteiger partial charge on any atom is 0.251 e. The number of allylic oxidation sites excluding steroid dienone is 1. The molecular formula is C19H21N3O2S. The van der Waals surface area contributed by atoms with Gasteiger partial charge >= 0.3 is 0 Å². The maximum atomic E-state index is 12.9. The van der Waals surface area contributed by atoms with E-state index in [1.807, 2.05) is 0 Å². The van der Waals surface area contributed by atoms with Crippen molar-refractivity contribution in [1.29, 1.82) is 0 Å². The molecule has 0 radical (unpaired) electrons. The van der Waals surface area contributed by atoms with Crippen molar-refractivity contribution in [2.45, 2.75) is 44.1 Å². The predicted octanol–water partition coefficient (Wildman–Crippen LogP) is 2.04. The first-order chi connectivity index (χ1) is 12.0. The van der Waals surface area contributed by atoms with E-state index >= 15 is 0 Å². The van der Waals surface area contributed by atoms with Crippen molar-refractivity contribution < 1.29 is 9.59 Å². The summed E-state index contributed by atoms with van der Waals surface area (Å²) < 4.78 is 0. The molecule has 2 amide bonds. The van der Waals surface area contributed by atoms with Crippen LogP contribution in [0.3, 0.4) is 0 Å². The summed E-state index contributed by atoms with van der Waals surface area (Å²) in [5.41, 5.74) is 1.12. The van der Waals surface area contributed by atoms with Gasteiger partial charge in [-0.25, -0.2) is 4.99 Å². The van der Waals surface area contributed by atoms with E-state index in [0.717, 1.165) is 37.0 Å². The summed E-state index contributed by atoms with van der Waals surface area (Å²) in [4.78, 5) is 29.1. The van der Waals surface area contributed by atoms with Crippen LogP contribution in [0.4, 0.5) is 0 Å². The summed E-state index contributed by atoms with van der Waals surface area (Å²) in [5.74, 6) is 1.70. The maximum absolute atomic E-state index is 12.9. The monoisotopic (exact) mass is 355 g/mol. The van der Waals surface area contributed by atoms with Crippen molar-refractivity contribution in [1.82, 2.24) is 10.6 Å². The number of aliphatic imine (C=N–C) groups is 1. The van der Waals surface area contributed by atoms with Gasteiger partial charge in [0.1, 0.15) is 0 Å². The summed E-state index contributed by atoms with van der Waals surface area (Å²) in [6.45, 7) is 0. The zero-order chi connectivity index (χ0) is 17.2. The van der Waals surface area contributed by atoms with Crippen molar-refractivity contribution in [2.24, 2.45) is 28.7 Å². The third kappa shape index (κ3) is 2.58. The summed E-state index contributed by atoms with van der Waals surface area (Å²) in [6, 6.07) is 0. The van der Waals surface area contributed by atoms with E-state index in [1.165, 1.54) is 19.3 Å². The third-order valence-electron chi connectivity index (χ3n) is 6.51. The lowest BCUT2D eigenvalue weighted by Gasteiger charge is -2.57. The Hall–Kier alpha value is -1.82. The van der Waals surface area contributed by atoms with Gasteiger partial charge in [0.25, 0.3) is 5.91 Å². The molecule has 6 heteroatoms. The lowest BCUT2D eigenvalue weighted by molar-refractivity contribution is -0.123. The molecule has 5 aliphatic carbocycles. The summed E-state index contributed by atoms with van der Waals surface area (Å²) in [5, 5.41) is 6.08. The molecule has 1 atom stereocenters. The highest BCUT2D eigenvalue weighted by Crippen LogP contribution is 2.55. The Morgan fingerprint density at radius 3 is 2.48 bits per heavy atom. The largest absolute Gasteiger partial charge is 0.347 e. The van der Waals surface area contributed by atoms with Crippen LogP contribution in [-0.2, 0) is 9.59 Å². The zero-order valence-corrected chi connectivity index (χ0v) is 14.8. The van der Waals surface area contributed by atoms with E-state index in [1.54, 1.807) is 18.2 Å². The minimum absolute atomic E-state index is 0.0155. The van der Waals surface area contributed by atoms with E-state index in [0.29, 0.717) is 11.3 Å². The van der Waals surface area contributed by atoms with Crippen LogP contribution in [0, 0.1) is 23.7 Å². The fraction of sp³-hybridized carbons (Fsp3) is 0.579. The van der Waals surface area contributed by atoms with Crippen LogP contribution < -0.4 is 10.6 Å². The van der Waals surface area contributed by atoms with Crippen LogP contribution in [0.2, 0.25) is 0 Å². The SMILES string of the molecule is O=C(NC12CC3CC(CC(C3)C1)C2)C1=CC2=NC(=S)NC(=O)C2C=C1. The lowest BCUT2D eigenvalue weighted by Crippen LogP contribution is -2.60. The fourth-order valence-electron chi connectivity index (χ4n) is 5.97. The molecule has 1 unspecified atom stereocenters. The van der Waals surface area contributed by atoms with Crippen LogP contribution in [0.25, 0.3) is 0 Å². The van der Waals surface area contributed by atoms with Gasteiger partial charge in [-0.2, -0.15) is 0 Å². The average Bonchev–Trinajstić information content (AvgIpc) is 2.52. The van der Waals surface area contributed by atoms with E-state index in [2.05, 4.69) is 15.6 Å². The van der Waals surface area contributed by atoms with Gasteiger partial charge < -0.3 is 10.6 Å². The Morgan fingerprint density at radius 2 is 1.84 bits per heavy atom. The number of fused-ring (bicyclic) bond motifs is 1. The first-order valence-corrected chi connectivity index (χ1v) is 9.56. The molecule has 0 aromatic heterocycles. The van der Waals surface area contributed by atoms with E-state index < -0.39 is 5.92 Å². The zero-order valence-electron chi connectivity index (χ0n) is 14.0. The molecule has 130 valence electrons. The highest BCUT2D eigenvalue weighted by molar-refractivity contribution is 7.80. The minimum atomic E-state index is -0.442. The van der Waals surface area contributed by atoms with E-state index in [4.69, 9.17) is 12.2 Å². The number of hydrogen-bond donors (Lipinski definition) is 2. The predicted molar refractivity (Wildman–Crippen MR) is 97.9 cm³/mol. The van der Waals surface area contributed by atoms with Crippen LogP contribution in [-0.4, -0.2) is 28.2 Å². The standard InChI is InChI=1S/C19H21N3O2S/c23-16(13-1-2-14-15(6-13)20-18(25)21-17(14)24)22-19-7-10-3-11(8-19)5-12(4-10)9-19/h1-2,6,10-12,14H,3-5,7-9H2,(H,22,23)(H,21,24,25). The number of hydrogen-bond acceptors (Lipinski definition) is 3. The molecule has 6 aliphatic rings. The Balaban J connectivity index is 1.37. The number of nitrogens with one attached hydrogen (secondary N) is 2. The van der Waals surface area contributed by atoms with Crippen LogP contribution in [0.5, 0.6) is 0 Å². The molecule has 0 aromatic rings. The molecule has 25 heavy (non-hydrogen) atoms. The average molecular weight is 355 g/mol. The lowest BCUT2D eigenvalue weighted by atomic mass is 9.53. The molecule has 6 rings (SSSR count). The van der Waals surface area contributed by atoms with Crippen molar-refractivity contribution >= 4 is 34.9 Å². The van der Waals surface area contributed by atoms with Crippen molar-refractivity contribution in [3.8, 4) is 0 Å². The van der Waals surface area contributed by atoms with Crippen molar-refractivity contribution in [3.05, 3.63) is 23.8 Å². The Kier molecular flexibility index (Phi) is 3.29. The van der Waals surface area contributed by atoms with Crippen LogP contribution in [0.15, 0.2) is 28.8 Å². The first kappa shape index (κ1) is 15.4. The van der Waals surface area contributed by atoms with Crippen LogP contribution in [0.1, 0.15) is 38.5 Å². The van der Waals surface area contributed by atoms with Gasteiger partial charge in [0.15, 0.2) is 5.11 Å². The van der Waals surface area contributed by atoms with E-state index in [-0.39, 0.29) is 22.5 Å². The summed E-state index contributed by atoms with van der Waals surface area (Å²) >= 11 is 4.99. The number of rotatable bonds is 2. The molecule has 1 heterocycles. The van der Waals surface area contributed by atoms with Crippen LogP contribution >= 0.6 is 12.2 Å². The Bertz CT molecular complexity index is 744. The van der Waals surface area contributed by atoms with Crippen molar-refractivity contribution in [3.63, 3.8) is 0 Å². The van der Waals surface area contributed by atoms with Gasteiger partial charge in [-0.05, 0) is 74.6 Å². The number of amides is 2.